The molecule has 0 amide bonds. The first-order valence-corrected chi connectivity index (χ1v) is 44.8. The van der Waals surface area contributed by atoms with E-state index in [0.717, 1.165) is 96.3 Å². The summed E-state index contributed by atoms with van der Waals surface area (Å²) in [5.41, 5.74) is 0. The Kier molecular flexibility index (Phi) is 78.6. The molecule has 0 radical (unpaired) electrons. The molecule has 0 aliphatic carbocycles. The number of carbonyl (C=O) groups is 2. The van der Waals surface area contributed by atoms with Gasteiger partial charge in [-0.05, 0) is 103 Å². The van der Waals surface area contributed by atoms with Crippen molar-refractivity contribution in [3.63, 3.8) is 0 Å². The molecule has 0 spiro atoms. The standard InChI is InChI=1S/C92H164NO8P/c1-6-8-10-12-14-16-18-20-22-24-26-28-30-32-34-36-38-40-42-44-45-46-47-49-51-53-55-57-59-61-63-65-67-69-71-73-75-77-79-81-83-85-92(95)101-90(89-100-102(96,97)99-87-86-93(3,4)5)88-98-91(94)84-82-80-78-76-74-72-70-68-66-64-62-60-58-56-54-52-50-48-43-41-39-37-35-33-31-29-27-25-23-21-19-17-15-13-11-9-7-2/h8-11,14-17,20-23,26-29,32,34,38,40,90H,6-7,12-13,18-19,24-25,30-31,33,35-37,39,41-89H2,1-5H3/p+1/b10-8-,11-9-,16-14-,17-15-,22-20-,23-21-,28-26-,29-27-,34-32-,40-38-. The minimum absolute atomic E-state index is 0.0318. The first-order valence-electron chi connectivity index (χ1n) is 43.3. The van der Waals surface area contributed by atoms with Gasteiger partial charge < -0.3 is 18.9 Å². The first kappa shape index (κ1) is 98.4. The zero-order valence-electron chi connectivity index (χ0n) is 67.6. The van der Waals surface area contributed by atoms with Crippen LogP contribution in [0.3, 0.4) is 0 Å². The lowest BCUT2D eigenvalue weighted by Crippen LogP contribution is -2.37. The van der Waals surface area contributed by atoms with Crippen LogP contribution in [-0.2, 0) is 32.7 Å². The Morgan fingerprint density at radius 2 is 0.529 bits per heavy atom. The van der Waals surface area contributed by atoms with Crippen LogP contribution in [0.4, 0.5) is 0 Å². The highest BCUT2D eigenvalue weighted by atomic mass is 31.2. The first-order chi connectivity index (χ1) is 50.0. The molecule has 0 aromatic heterocycles. The molecule has 0 bridgehead atoms. The number of phosphoric ester groups is 1. The van der Waals surface area contributed by atoms with Crippen LogP contribution in [0.25, 0.3) is 0 Å². The van der Waals surface area contributed by atoms with Gasteiger partial charge in [-0.25, -0.2) is 4.57 Å². The number of ether oxygens (including phenoxy) is 2. The fourth-order valence-corrected chi connectivity index (χ4v) is 13.2. The van der Waals surface area contributed by atoms with Crippen molar-refractivity contribution in [3.8, 4) is 0 Å². The fourth-order valence-electron chi connectivity index (χ4n) is 12.5. The number of hydrogen-bond acceptors (Lipinski definition) is 7. The Bertz CT molecular complexity index is 2140. The number of phosphoric acid groups is 1. The number of allylic oxidation sites excluding steroid dienone is 20. The Labute approximate surface area is 632 Å². The molecule has 0 aliphatic heterocycles. The summed E-state index contributed by atoms with van der Waals surface area (Å²) in [6.07, 6.45) is 118. The van der Waals surface area contributed by atoms with Gasteiger partial charge in [-0.15, -0.1) is 0 Å². The molecule has 0 rings (SSSR count). The summed E-state index contributed by atoms with van der Waals surface area (Å²) >= 11 is 0. The van der Waals surface area contributed by atoms with Crippen molar-refractivity contribution < 1.29 is 42.1 Å². The second-order valence-electron chi connectivity index (χ2n) is 30.2. The molecule has 0 aliphatic rings. The second kappa shape index (κ2) is 81.5. The molecule has 10 heteroatoms. The summed E-state index contributed by atoms with van der Waals surface area (Å²) in [5, 5.41) is 0. The van der Waals surface area contributed by atoms with Crippen molar-refractivity contribution in [1.82, 2.24) is 0 Å². The van der Waals surface area contributed by atoms with Gasteiger partial charge in [0.2, 0.25) is 0 Å². The summed E-state index contributed by atoms with van der Waals surface area (Å²) in [4.78, 5) is 36.1. The normalized spacial score (nSPS) is 13.6. The topological polar surface area (TPSA) is 108 Å². The minimum Gasteiger partial charge on any atom is -0.462 e. The number of quaternary nitrogens is 1. The molecule has 9 nitrogen and oxygen atoms in total. The predicted octanol–water partition coefficient (Wildman–Crippen LogP) is 29.3. The zero-order valence-corrected chi connectivity index (χ0v) is 68.5. The summed E-state index contributed by atoms with van der Waals surface area (Å²) in [7, 11) is 1.49. The number of likely N-dealkylation sites (N-methyl/N-ethyl adjacent to an activating group) is 1. The maximum Gasteiger partial charge on any atom is 0.472 e. The second-order valence-corrected chi connectivity index (χ2v) is 31.6. The fraction of sp³-hybridized carbons (Fsp3) is 0.761. The maximum atomic E-state index is 12.9. The van der Waals surface area contributed by atoms with Gasteiger partial charge >= 0.3 is 19.8 Å². The molecule has 2 unspecified atom stereocenters. The number of carbonyl (C=O) groups excluding carboxylic acids is 2. The van der Waals surface area contributed by atoms with Crippen molar-refractivity contribution >= 4 is 19.8 Å². The van der Waals surface area contributed by atoms with Crippen molar-refractivity contribution in [3.05, 3.63) is 122 Å². The van der Waals surface area contributed by atoms with E-state index in [0.29, 0.717) is 23.9 Å². The van der Waals surface area contributed by atoms with E-state index in [1.807, 2.05) is 21.1 Å². The molecule has 0 fully saturated rings. The van der Waals surface area contributed by atoms with Gasteiger partial charge in [0.1, 0.15) is 19.8 Å². The number of esters is 2. The average molecular weight is 1440 g/mol. The number of nitrogens with zero attached hydrogens (tertiary/aromatic N) is 1. The summed E-state index contributed by atoms with van der Waals surface area (Å²) in [6.45, 7) is 4.26. The lowest BCUT2D eigenvalue weighted by atomic mass is 10.0. The summed E-state index contributed by atoms with van der Waals surface area (Å²) in [5.74, 6) is -0.778. The van der Waals surface area contributed by atoms with E-state index in [1.54, 1.807) is 0 Å². The SMILES string of the molecule is CC/C=C\C/C=C\C/C=C\C/C=C\C/C=C\C/C=C\CCCCCCCCCCCCCCCCCCCCCCCCC(=O)OC(COC(=O)CCCCCCCCCCCCCCCCCCCCCCCCCC/C=C\C/C=C\C/C=C\C/C=C\CC)COP(=O)(O)OCC[N+](C)(C)C. The third kappa shape index (κ3) is 85.3. The molecular weight excluding hydrogens is 1280 g/mol. The van der Waals surface area contributed by atoms with Crippen molar-refractivity contribution in [1.29, 1.82) is 0 Å². The van der Waals surface area contributed by atoms with Crippen LogP contribution >= 0.6 is 7.82 Å². The lowest BCUT2D eigenvalue weighted by molar-refractivity contribution is -0.870. The van der Waals surface area contributed by atoms with E-state index < -0.39 is 26.5 Å². The molecule has 1 N–H and O–H groups in total. The van der Waals surface area contributed by atoms with Gasteiger partial charge in [0.05, 0.1) is 27.7 Å². The number of unbranched alkanes of at least 4 members (excludes halogenated alkanes) is 46. The molecule has 102 heavy (non-hydrogen) atoms. The molecule has 2 atom stereocenters. The van der Waals surface area contributed by atoms with Crippen LogP contribution in [-0.4, -0.2) is 74.9 Å². The maximum absolute atomic E-state index is 12.9. The Hall–Kier alpha value is -3.59. The third-order valence-corrected chi connectivity index (χ3v) is 20.0. The van der Waals surface area contributed by atoms with Crippen molar-refractivity contribution in [2.75, 3.05) is 47.5 Å². The van der Waals surface area contributed by atoms with Gasteiger partial charge in [0.15, 0.2) is 6.10 Å². The van der Waals surface area contributed by atoms with Crippen LogP contribution in [0.1, 0.15) is 399 Å². The van der Waals surface area contributed by atoms with E-state index in [-0.39, 0.29) is 25.6 Å². The van der Waals surface area contributed by atoms with Gasteiger partial charge in [-0.1, -0.05) is 405 Å². The van der Waals surface area contributed by atoms with Gasteiger partial charge in [-0.3, -0.25) is 18.6 Å². The van der Waals surface area contributed by atoms with E-state index in [9.17, 15) is 19.0 Å². The number of hydrogen-bond donors (Lipinski definition) is 1. The van der Waals surface area contributed by atoms with E-state index in [4.69, 9.17) is 18.5 Å². The molecule has 0 heterocycles. The Morgan fingerprint density at radius 3 is 0.784 bits per heavy atom. The van der Waals surface area contributed by atoms with Crippen LogP contribution < -0.4 is 0 Å². The summed E-state index contributed by atoms with van der Waals surface area (Å²) in [6, 6.07) is 0. The van der Waals surface area contributed by atoms with Crippen LogP contribution in [0.2, 0.25) is 0 Å². The Balaban J connectivity index is 3.89. The van der Waals surface area contributed by atoms with E-state index in [1.165, 1.54) is 270 Å². The molecular formula is C92H165NO8P+. The van der Waals surface area contributed by atoms with Crippen LogP contribution in [0.5, 0.6) is 0 Å². The van der Waals surface area contributed by atoms with Crippen LogP contribution in [0.15, 0.2) is 122 Å². The molecule has 0 aromatic carbocycles. The molecule has 590 valence electrons. The minimum atomic E-state index is -4.40. The quantitative estimate of drug-likeness (QED) is 0.0211. The van der Waals surface area contributed by atoms with Gasteiger partial charge in [-0.2, -0.15) is 0 Å². The van der Waals surface area contributed by atoms with E-state index in [2.05, 4.69) is 135 Å². The number of rotatable bonds is 80. The average Bonchev–Trinajstić information content (AvgIpc) is 0.916. The van der Waals surface area contributed by atoms with Crippen molar-refractivity contribution in [2.45, 2.75) is 405 Å². The van der Waals surface area contributed by atoms with E-state index >= 15 is 0 Å². The molecule has 0 saturated heterocycles. The molecule has 0 saturated carbocycles. The van der Waals surface area contributed by atoms with Gasteiger partial charge in [0, 0.05) is 12.8 Å². The highest BCUT2D eigenvalue weighted by molar-refractivity contribution is 7.47. The monoisotopic (exact) mass is 1440 g/mol. The van der Waals surface area contributed by atoms with Crippen LogP contribution in [0, 0.1) is 0 Å². The largest absolute Gasteiger partial charge is 0.472 e. The Morgan fingerprint density at radius 1 is 0.304 bits per heavy atom. The van der Waals surface area contributed by atoms with Crippen molar-refractivity contribution in [2.24, 2.45) is 0 Å². The highest BCUT2D eigenvalue weighted by Crippen LogP contribution is 2.43. The zero-order chi connectivity index (χ0) is 74.0. The summed E-state index contributed by atoms with van der Waals surface area (Å²) < 4.78 is 34.9. The smallest absolute Gasteiger partial charge is 0.462 e. The molecule has 0 aromatic rings. The highest BCUT2D eigenvalue weighted by Gasteiger charge is 2.27. The third-order valence-electron chi connectivity index (χ3n) is 19.0. The van der Waals surface area contributed by atoms with Gasteiger partial charge in [0.25, 0.3) is 0 Å². The lowest BCUT2D eigenvalue weighted by Gasteiger charge is -2.24. The predicted molar refractivity (Wildman–Crippen MR) is 445 cm³/mol.